The zero-order valence-corrected chi connectivity index (χ0v) is 14.0. The van der Waals surface area contributed by atoms with Gasteiger partial charge >= 0.3 is 0 Å². The molecule has 3 aromatic rings. The molecular formula is C18H16ClFN4. The summed E-state index contributed by atoms with van der Waals surface area (Å²) < 4.78 is 13.0. The van der Waals surface area contributed by atoms with E-state index in [4.69, 9.17) is 11.6 Å². The van der Waals surface area contributed by atoms with E-state index in [0.29, 0.717) is 22.5 Å². The van der Waals surface area contributed by atoms with Crippen LogP contribution >= 0.6 is 11.6 Å². The van der Waals surface area contributed by atoms with Crippen molar-refractivity contribution in [2.75, 3.05) is 10.6 Å². The number of rotatable bonds is 4. The summed E-state index contributed by atoms with van der Waals surface area (Å²) >= 11 is 6.15. The zero-order valence-electron chi connectivity index (χ0n) is 13.3. The molecule has 24 heavy (non-hydrogen) atoms. The summed E-state index contributed by atoms with van der Waals surface area (Å²) in [5, 5.41) is 6.97. The maximum atomic E-state index is 13.0. The number of hydrogen-bond acceptors (Lipinski definition) is 4. The Hall–Kier alpha value is -2.66. The Labute approximate surface area is 144 Å². The molecule has 0 aliphatic heterocycles. The van der Waals surface area contributed by atoms with Gasteiger partial charge in [-0.05, 0) is 55.8 Å². The van der Waals surface area contributed by atoms with Crippen molar-refractivity contribution in [3.8, 4) is 0 Å². The first-order chi connectivity index (χ1) is 11.5. The van der Waals surface area contributed by atoms with Gasteiger partial charge in [-0.2, -0.15) is 4.98 Å². The number of nitrogens with one attached hydrogen (secondary N) is 2. The van der Waals surface area contributed by atoms with Gasteiger partial charge in [0.1, 0.15) is 11.6 Å². The predicted molar refractivity (Wildman–Crippen MR) is 95.9 cm³/mol. The molecule has 0 radical (unpaired) electrons. The number of benzene rings is 2. The summed E-state index contributed by atoms with van der Waals surface area (Å²) in [6, 6.07) is 13.6. The molecule has 0 fully saturated rings. The van der Waals surface area contributed by atoms with Crippen molar-refractivity contribution in [1.82, 2.24) is 9.97 Å². The maximum absolute atomic E-state index is 13.0. The van der Waals surface area contributed by atoms with Crippen LogP contribution < -0.4 is 10.6 Å². The standard InChI is InChI=1S/C18H16ClFN4/c1-11-3-6-15(10-16(11)19)22-17-9-12(2)21-18(24-17)23-14-7-4-13(20)5-8-14/h3-10H,1-2H3,(H2,21,22,23,24). The number of halogens is 2. The summed E-state index contributed by atoms with van der Waals surface area (Å²) in [4.78, 5) is 8.77. The van der Waals surface area contributed by atoms with Gasteiger partial charge in [-0.25, -0.2) is 9.37 Å². The molecule has 1 heterocycles. The van der Waals surface area contributed by atoms with Gasteiger partial charge in [0.2, 0.25) is 5.95 Å². The Morgan fingerprint density at radius 3 is 2.29 bits per heavy atom. The summed E-state index contributed by atoms with van der Waals surface area (Å²) in [7, 11) is 0. The van der Waals surface area contributed by atoms with Gasteiger partial charge in [0, 0.05) is 28.2 Å². The molecule has 3 rings (SSSR count). The van der Waals surface area contributed by atoms with Crippen LogP contribution in [-0.2, 0) is 0 Å². The molecule has 0 saturated carbocycles. The van der Waals surface area contributed by atoms with E-state index < -0.39 is 0 Å². The lowest BCUT2D eigenvalue weighted by Crippen LogP contribution is -2.02. The first-order valence-electron chi connectivity index (χ1n) is 7.41. The molecular weight excluding hydrogens is 327 g/mol. The first kappa shape index (κ1) is 16.2. The second kappa shape index (κ2) is 6.84. The lowest BCUT2D eigenvalue weighted by molar-refractivity contribution is 0.628. The molecule has 2 N–H and O–H groups in total. The topological polar surface area (TPSA) is 49.8 Å². The number of nitrogens with zero attached hydrogens (tertiary/aromatic N) is 2. The third-order valence-corrected chi connectivity index (χ3v) is 3.81. The summed E-state index contributed by atoms with van der Waals surface area (Å²) in [6.45, 7) is 3.83. The van der Waals surface area contributed by atoms with E-state index in [2.05, 4.69) is 20.6 Å². The first-order valence-corrected chi connectivity index (χ1v) is 7.79. The smallest absolute Gasteiger partial charge is 0.229 e. The summed E-state index contributed by atoms with van der Waals surface area (Å²) in [5.74, 6) is 0.790. The van der Waals surface area contributed by atoms with Crippen LogP contribution in [0.2, 0.25) is 5.02 Å². The molecule has 0 aliphatic carbocycles. The number of aryl methyl sites for hydroxylation is 2. The largest absolute Gasteiger partial charge is 0.340 e. The highest BCUT2D eigenvalue weighted by Crippen LogP contribution is 2.23. The molecule has 0 unspecified atom stereocenters. The van der Waals surface area contributed by atoms with Crippen molar-refractivity contribution in [2.24, 2.45) is 0 Å². The van der Waals surface area contributed by atoms with Gasteiger partial charge in [-0.1, -0.05) is 17.7 Å². The number of aromatic nitrogens is 2. The minimum atomic E-state index is -0.288. The van der Waals surface area contributed by atoms with Gasteiger partial charge in [-0.3, -0.25) is 0 Å². The highest BCUT2D eigenvalue weighted by atomic mass is 35.5. The molecule has 0 spiro atoms. The van der Waals surface area contributed by atoms with Crippen LogP contribution in [0.25, 0.3) is 0 Å². The van der Waals surface area contributed by atoms with Crippen LogP contribution in [0.4, 0.5) is 27.5 Å². The quantitative estimate of drug-likeness (QED) is 0.669. The Morgan fingerprint density at radius 2 is 1.58 bits per heavy atom. The van der Waals surface area contributed by atoms with Gasteiger partial charge in [0.25, 0.3) is 0 Å². The maximum Gasteiger partial charge on any atom is 0.229 e. The average molecular weight is 343 g/mol. The molecule has 0 aliphatic rings. The molecule has 1 aromatic heterocycles. The van der Waals surface area contributed by atoms with E-state index >= 15 is 0 Å². The van der Waals surface area contributed by atoms with Crippen LogP contribution in [0.1, 0.15) is 11.3 Å². The van der Waals surface area contributed by atoms with Gasteiger partial charge in [0.15, 0.2) is 0 Å². The van der Waals surface area contributed by atoms with E-state index in [1.807, 2.05) is 38.1 Å². The van der Waals surface area contributed by atoms with E-state index in [1.54, 1.807) is 12.1 Å². The monoisotopic (exact) mass is 342 g/mol. The van der Waals surface area contributed by atoms with E-state index in [1.165, 1.54) is 12.1 Å². The third-order valence-electron chi connectivity index (χ3n) is 3.40. The Bertz CT molecular complexity index is 865. The van der Waals surface area contributed by atoms with Crippen molar-refractivity contribution in [1.29, 1.82) is 0 Å². The fourth-order valence-corrected chi connectivity index (χ4v) is 2.35. The third kappa shape index (κ3) is 4.00. The minimum absolute atomic E-state index is 0.288. The molecule has 0 saturated heterocycles. The molecule has 0 bridgehead atoms. The van der Waals surface area contributed by atoms with Crippen molar-refractivity contribution < 1.29 is 4.39 Å². The van der Waals surface area contributed by atoms with Gasteiger partial charge < -0.3 is 10.6 Å². The van der Waals surface area contributed by atoms with Crippen LogP contribution in [0.5, 0.6) is 0 Å². The highest BCUT2D eigenvalue weighted by molar-refractivity contribution is 6.31. The molecule has 0 atom stereocenters. The predicted octanol–water partition coefficient (Wildman–Crippen LogP) is 5.37. The average Bonchev–Trinajstić information content (AvgIpc) is 2.53. The van der Waals surface area contributed by atoms with Crippen LogP contribution in [-0.4, -0.2) is 9.97 Å². The SMILES string of the molecule is Cc1cc(Nc2ccc(C)c(Cl)c2)nc(Nc2ccc(F)cc2)n1. The van der Waals surface area contributed by atoms with Crippen molar-refractivity contribution in [3.05, 3.63) is 70.6 Å². The van der Waals surface area contributed by atoms with E-state index in [9.17, 15) is 4.39 Å². The Balaban J connectivity index is 1.82. The normalized spacial score (nSPS) is 10.5. The fraction of sp³-hybridized carbons (Fsp3) is 0.111. The zero-order chi connectivity index (χ0) is 17.1. The minimum Gasteiger partial charge on any atom is -0.340 e. The summed E-state index contributed by atoms with van der Waals surface area (Å²) in [6.07, 6.45) is 0. The Kier molecular flexibility index (Phi) is 4.62. The van der Waals surface area contributed by atoms with Crippen LogP contribution in [0.15, 0.2) is 48.5 Å². The fourth-order valence-electron chi connectivity index (χ4n) is 2.17. The van der Waals surface area contributed by atoms with E-state index in [0.717, 1.165) is 16.9 Å². The molecule has 4 nitrogen and oxygen atoms in total. The second-order valence-corrected chi connectivity index (χ2v) is 5.85. The van der Waals surface area contributed by atoms with Crippen molar-refractivity contribution in [3.63, 3.8) is 0 Å². The van der Waals surface area contributed by atoms with Crippen molar-refractivity contribution in [2.45, 2.75) is 13.8 Å². The van der Waals surface area contributed by atoms with Crippen LogP contribution in [0.3, 0.4) is 0 Å². The number of anilines is 4. The lowest BCUT2D eigenvalue weighted by Gasteiger charge is -2.11. The van der Waals surface area contributed by atoms with Crippen molar-refractivity contribution >= 4 is 34.7 Å². The molecule has 122 valence electrons. The van der Waals surface area contributed by atoms with Gasteiger partial charge in [-0.15, -0.1) is 0 Å². The summed E-state index contributed by atoms with van der Waals surface area (Å²) in [5.41, 5.74) is 3.37. The number of hydrogen-bond donors (Lipinski definition) is 2. The van der Waals surface area contributed by atoms with E-state index in [-0.39, 0.29) is 5.82 Å². The second-order valence-electron chi connectivity index (χ2n) is 5.44. The van der Waals surface area contributed by atoms with Crippen LogP contribution in [0, 0.1) is 19.7 Å². The highest BCUT2D eigenvalue weighted by Gasteiger charge is 2.05. The molecule has 6 heteroatoms. The molecule has 0 amide bonds. The lowest BCUT2D eigenvalue weighted by atomic mass is 10.2. The molecule has 2 aromatic carbocycles. The van der Waals surface area contributed by atoms with Gasteiger partial charge in [0.05, 0.1) is 0 Å². The Morgan fingerprint density at radius 1 is 0.875 bits per heavy atom.